The molecule has 3 aliphatic rings. The Kier molecular flexibility index (Phi) is 6.89. The molecule has 3 fully saturated rings. The van der Waals surface area contributed by atoms with Crippen molar-refractivity contribution in [3.63, 3.8) is 0 Å². The minimum Gasteiger partial charge on any atom is -0.383 e. The lowest BCUT2D eigenvalue weighted by Gasteiger charge is -2.26. The van der Waals surface area contributed by atoms with E-state index in [1.165, 1.54) is 23.6 Å². The van der Waals surface area contributed by atoms with E-state index in [-0.39, 0.29) is 10.8 Å². The molecular weight excluding hydrogens is 414 g/mol. The summed E-state index contributed by atoms with van der Waals surface area (Å²) in [5, 5.41) is 6.38. The average molecular weight is 450 g/mol. The quantitative estimate of drug-likeness (QED) is 0.634. The predicted molar refractivity (Wildman–Crippen MR) is 122 cm³/mol. The van der Waals surface area contributed by atoms with E-state index in [9.17, 15) is 13.2 Å². The second-order valence-corrected chi connectivity index (χ2v) is 11.6. The van der Waals surface area contributed by atoms with Crippen molar-refractivity contribution < 1.29 is 17.9 Å². The fourth-order valence-electron chi connectivity index (χ4n) is 5.26. The average Bonchev–Trinajstić information content (AvgIpc) is 3.36. The Balaban J connectivity index is 1.52. The number of carbonyl (C=O) groups excluding carboxylic acids is 1. The number of nitrogens with one attached hydrogen (secondary N) is 2. The number of hydrogen-bond donors (Lipinski definition) is 2. The lowest BCUT2D eigenvalue weighted by molar-refractivity contribution is -0.117. The monoisotopic (exact) mass is 449 g/mol. The number of morpholine rings is 1. The fraction of sp³-hybridized carbons (Fsp3) is 0.696. The number of anilines is 2. The van der Waals surface area contributed by atoms with Gasteiger partial charge in [-0.1, -0.05) is 20.3 Å². The molecule has 7 nitrogen and oxygen atoms in total. The Labute approximate surface area is 186 Å². The molecule has 2 N–H and O–H groups in total. The maximum atomic E-state index is 13.1. The molecule has 0 unspecified atom stereocenters. The molecule has 0 spiro atoms. The minimum absolute atomic E-state index is 0.0222. The number of fused-ring (bicyclic) bond motifs is 2. The molecule has 2 saturated carbocycles. The Morgan fingerprint density at radius 2 is 1.94 bits per heavy atom. The minimum atomic E-state index is -3.62. The molecule has 2 aliphatic carbocycles. The van der Waals surface area contributed by atoms with Gasteiger partial charge < -0.3 is 15.4 Å². The van der Waals surface area contributed by atoms with Crippen LogP contribution in [-0.2, 0) is 19.6 Å². The van der Waals surface area contributed by atoms with Crippen LogP contribution in [0, 0.1) is 23.7 Å². The van der Waals surface area contributed by atoms with Crippen LogP contribution in [0.1, 0.15) is 46.0 Å². The first-order valence-corrected chi connectivity index (χ1v) is 13.0. The van der Waals surface area contributed by atoms with Crippen molar-refractivity contribution in [2.45, 2.75) is 50.8 Å². The Hall–Kier alpha value is -1.64. The summed E-state index contributed by atoms with van der Waals surface area (Å²) in [5.74, 6) is 2.35. The van der Waals surface area contributed by atoms with Crippen molar-refractivity contribution in [1.82, 2.24) is 4.31 Å². The van der Waals surface area contributed by atoms with Crippen LogP contribution in [0.15, 0.2) is 23.1 Å². The largest absolute Gasteiger partial charge is 0.383 e. The number of hydrogen-bond acceptors (Lipinski definition) is 5. The lowest BCUT2D eigenvalue weighted by Crippen LogP contribution is -2.40. The number of benzene rings is 1. The summed E-state index contributed by atoms with van der Waals surface area (Å²) < 4.78 is 33.0. The molecule has 1 aromatic carbocycles. The first kappa shape index (κ1) is 22.6. The molecule has 172 valence electrons. The van der Waals surface area contributed by atoms with Gasteiger partial charge in [0.05, 0.1) is 29.5 Å². The molecule has 0 aromatic heterocycles. The molecule has 2 bridgehead atoms. The summed E-state index contributed by atoms with van der Waals surface area (Å²) in [6, 6.07) is 4.99. The van der Waals surface area contributed by atoms with E-state index in [1.54, 1.807) is 18.2 Å². The molecule has 4 rings (SSSR count). The third kappa shape index (κ3) is 5.23. The number of nitrogens with zero attached hydrogens (tertiary/aromatic N) is 1. The van der Waals surface area contributed by atoms with E-state index in [0.717, 1.165) is 24.6 Å². The Bertz CT molecular complexity index is 896. The van der Waals surface area contributed by atoms with Gasteiger partial charge in [0.15, 0.2) is 0 Å². The molecule has 1 heterocycles. The summed E-state index contributed by atoms with van der Waals surface area (Å²) in [6.45, 7) is 6.46. The highest BCUT2D eigenvalue weighted by atomic mass is 32.2. The van der Waals surface area contributed by atoms with E-state index >= 15 is 0 Å². The van der Waals surface area contributed by atoms with Gasteiger partial charge in [-0.05, 0) is 61.1 Å². The zero-order valence-corrected chi connectivity index (χ0v) is 19.4. The zero-order chi connectivity index (χ0) is 22.0. The van der Waals surface area contributed by atoms with Gasteiger partial charge in [0, 0.05) is 26.1 Å². The van der Waals surface area contributed by atoms with Crippen LogP contribution < -0.4 is 10.6 Å². The second-order valence-electron chi connectivity index (χ2n) is 9.69. The maximum absolute atomic E-state index is 13.1. The zero-order valence-electron chi connectivity index (χ0n) is 18.6. The van der Waals surface area contributed by atoms with Crippen LogP contribution in [0.3, 0.4) is 0 Å². The molecule has 1 saturated heterocycles. The van der Waals surface area contributed by atoms with Crippen LogP contribution >= 0.6 is 0 Å². The van der Waals surface area contributed by atoms with Gasteiger partial charge >= 0.3 is 0 Å². The van der Waals surface area contributed by atoms with Gasteiger partial charge in [-0.3, -0.25) is 4.79 Å². The van der Waals surface area contributed by atoms with Crippen molar-refractivity contribution in [2.75, 3.05) is 43.5 Å². The number of sulfonamides is 1. The summed E-state index contributed by atoms with van der Waals surface area (Å²) in [7, 11) is -3.62. The molecule has 0 radical (unpaired) electrons. The molecule has 3 atom stereocenters. The van der Waals surface area contributed by atoms with Gasteiger partial charge in [0.2, 0.25) is 15.9 Å². The van der Waals surface area contributed by atoms with Gasteiger partial charge in [0.1, 0.15) is 0 Å². The Morgan fingerprint density at radius 1 is 1.16 bits per heavy atom. The van der Waals surface area contributed by atoms with Gasteiger partial charge in [0.25, 0.3) is 0 Å². The van der Waals surface area contributed by atoms with Crippen molar-refractivity contribution in [3.05, 3.63) is 18.2 Å². The first-order chi connectivity index (χ1) is 14.8. The van der Waals surface area contributed by atoms with E-state index in [2.05, 4.69) is 24.5 Å². The maximum Gasteiger partial charge on any atom is 0.243 e. The van der Waals surface area contributed by atoms with E-state index in [0.29, 0.717) is 56.2 Å². The molecule has 1 aliphatic heterocycles. The first-order valence-electron chi connectivity index (χ1n) is 11.6. The van der Waals surface area contributed by atoms with Crippen molar-refractivity contribution in [3.8, 4) is 0 Å². The lowest BCUT2D eigenvalue weighted by atomic mass is 9.86. The Morgan fingerprint density at radius 3 is 2.58 bits per heavy atom. The fourth-order valence-corrected chi connectivity index (χ4v) is 6.69. The summed E-state index contributed by atoms with van der Waals surface area (Å²) in [6.07, 6.45) is 5.50. The van der Waals surface area contributed by atoms with E-state index in [4.69, 9.17) is 4.74 Å². The molecular formula is C23H35N3O4S. The highest BCUT2D eigenvalue weighted by Crippen LogP contribution is 2.49. The van der Waals surface area contributed by atoms with Crippen LogP contribution in [0.25, 0.3) is 0 Å². The van der Waals surface area contributed by atoms with Gasteiger partial charge in [-0.15, -0.1) is 0 Å². The van der Waals surface area contributed by atoms with E-state index in [1.807, 2.05) is 0 Å². The third-order valence-electron chi connectivity index (χ3n) is 6.91. The highest BCUT2D eigenvalue weighted by molar-refractivity contribution is 7.89. The molecule has 1 amide bonds. The second kappa shape index (κ2) is 9.46. The molecule has 8 heteroatoms. The normalized spacial score (nSPS) is 26.4. The summed E-state index contributed by atoms with van der Waals surface area (Å²) in [5.41, 5.74) is 1.30. The van der Waals surface area contributed by atoms with Crippen molar-refractivity contribution >= 4 is 27.3 Å². The third-order valence-corrected chi connectivity index (χ3v) is 8.80. The topological polar surface area (TPSA) is 87.7 Å². The van der Waals surface area contributed by atoms with Crippen LogP contribution in [0.4, 0.5) is 11.4 Å². The molecule has 1 aromatic rings. The summed E-state index contributed by atoms with van der Waals surface area (Å²) >= 11 is 0. The number of carbonyl (C=O) groups is 1. The van der Waals surface area contributed by atoms with Gasteiger partial charge in [-0.25, -0.2) is 8.42 Å². The van der Waals surface area contributed by atoms with Gasteiger partial charge in [-0.2, -0.15) is 4.31 Å². The van der Waals surface area contributed by atoms with Crippen LogP contribution in [-0.4, -0.2) is 51.5 Å². The van der Waals surface area contributed by atoms with Crippen molar-refractivity contribution in [1.29, 1.82) is 0 Å². The number of amides is 1. The number of ether oxygens (including phenoxy) is 1. The highest BCUT2D eigenvalue weighted by Gasteiger charge is 2.40. The van der Waals surface area contributed by atoms with E-state index < -0.39 is 10.0 Å². The van der Waals surface area contributed by atoms with Crippen molar-refractivity contribution in [2.24, 2.45) is 23.7 Å². The number of rotatable bonds is 8. The SMILES string of the molecule is CC(C)CNc1ccc(S(=O)(=O)N2CCOCC2)cc1NC(=O)C[C@H]1C[C@H]2CC[C@H]1C2. The standard InChI is InChI=1S/C23H35N3O4S/c1-16(2)15-24-21-6-5-20(31(28,29)26-7-9-30-10-8-26)14-22(21)25-23(27)13-19-12-17-3-4-18(19)11-17/h5-6,14,16-19,24H,3-4,7-13,15H2,1-2H3,(H,25,27)/t17-,18-,19+/m0/s1. The smallest absolute Gasteiger partial charge is 0.243 e. The van der Waals surface area contributed by atoms with Crippen LogP contribution in [0.2, 0.25) is 0 Å². The van der Waals surface area contributed by atoms with Crippen LogP contribution in [0.5, 0.6) is 0 Å². The summed E-state index contributed by atoms with van der Waals surface area (Å²) in [4.78, 5) is 13.1. The molecule has 31 heavy (non-hydrogen) atoms. The predicted octanol–water partition coefficient (Wildman–Crippen LogP) is 3.54.